The van der Waals surface area contributed by atoms with E-state index in [0.717, 1.165) is 34.9 Å². The van der Waals surface area contributed by atoms with E-state index in [-0.39, 0.29) is 18.0 Å². The third kappa shape index (κ3) is 3.99. The SMILES string of the molecule is Cc1ccc2cc(CN(Cc3ccccc3)C(=O)[C@H]3CCCO3)c(=O)[nH]c2c1. The Morgan fingerprint density at radius 2 is 1.96 bits per heavy atom. The molecule has 1 fully saturated rings. The molecule has 0 saturated carbocycles. The number of nitrogens with one attached hydrogen (secondary N) is 1. The van der Waals surface area contributed by atoms with Gasteiger partial charge in [-0.3, -0.25) is 9.59 Å². The molecule has 0 bridgehead atoms. The van der Waals surface area contributed by atoms with Gasteiger partial charge in [-0.1, -0.05) is 42.5 Å². The molecule has 3 aromatic rings. The standard InChI is InChI=1S/C23H24N2O3/c1-16-9-10-18-13-19(22(26)24-20(18)12-16)15-25(14-17-6-3-2-4-7-17)23(27)21-8-5-11-28-21/h2-4,6-7,9-10,12-13,21H,5,8,11,14-15H2,1H3,(H,24,26)/t21-/m1/s1. The number of hydrogen-bond donors (Lipinski definition) is 1. The number of amides is 1. The van der Waals surface area contributed by atoms with Crippen molar-refractivity contribution in [2.24, 2.45) is 0 Å². The van der Waals surface area contributed by atoms with Crippen molar-refractivity contribution in [3.05, 3.63) is 81.6 Å². The van der Waals surface area contributed by atoms with Gasteiger partial charge in [0.1, 0.15) is 6.10 Å². The minimum Gasteiger partial charge on any atom is -0.368 e. The smallest absolute Gasteiger partial charge is 0.253 e. The number of nitrogens with zero attached hydrogens (tertiary/aromatic N) is 1. The molecule has 144 valence electrons. The van der Waals surface area contributed by atoms with Crippen molar-refractivity contribution < 1.29 is 9.53 Å². The Morgan fingerprint density at radius 1 is 1.14 bits per heavy atom. The summed E-state index contributed by atoms with van der Waals surface area (Å²) < 4.78 is 5.61. The van der Waals surface area contributed by atoms with Crippen molar-refractivity contribution in [2.75, 3.05) is 6.61 Å². The van der Waals surface area contributed by atoms with Crippen LogP contribution in [0, 0.1) is 6.92 Å². The lowest BCUT2D eigenvalue weighted by molar-refractivity contribution is -0.142. The Balaban J connectivity index is 1.65. The van der Waals surface area contributed by atoms with E-state index in [0.29, 0.717) is 18.7 Å². The highest BCUT2D eigenvalue weighted by Crippen LogP contribution is 2.19. The molecule has 4 rings (SSSR count). The van der Waals surface area contributed by atoms with Gasteiger partial charge in [0.2, 0.25) is 0 Å². The number of rotatable bonds is 5. The van der Waals surface area contributed by atoms with Gasteiger partial charge in [-0.2, -0.15) is 0 Å². The average molecular weight is 376 g/mol. The Labute approximate surface area is 163 Å². The molecule has 1 aliphatic rings. The molecule has 1 amide bonds. The van der Waals surface area contributed by atoms with Crippen LogP contribution in [0.2, 0.25) is 0 Å². The number of hydrogen-bond acceptors (Lipinski definition) is 3. The van der Waals surface area contributed by atoms with E-state index in [1.807, 2.05) is 61.5 Å². The summed E-state index contributed by atoms with van der Waals surface area (Å²) in [7, 11) is 0. The number of aryl methyl sites for hydroxylation is 1. The second kappa shape index (κ2) is 7.98. The molecule has 1 aliphatic heterocycles. The quantitative estimate of drug-likeness (QED) is 0.741. The summed E-state index contributed by atoms with van der Waals surface area (Å²) in [6.45, 7) is 3.32. The van der Waals surface area contributed by atoms with E-state index < -0.39 is 6.10 Å². The number of fused-ring (bicyclic) bond motifs is 1. The zero-order chi connectivity index (χ0) is 19.5. The molecule has 1 saturated heterocycles. The van der Waals surface area contributed by atoms with Crippen LogP contribution in [0.25, 0.3) is 10.9 Å². The third-order valence-electron chi connectivity index (χ3n) is 5.17. The second-order valence-corrected chi connectivity index (χ2v) is 7.40. The fourth-order valence-electron chi connectivity index (χ4n) is 3.67. The summed E-state index contributed by atoms with van der Waals surface area (Å²) in [5.74, 6) is -0.0512. The first-order chi connectivity index (χ1) is 13.6. The Kier molecular flexibility index (Phi) is 5.26. The highest BCUT2D eigenvalue weighted by molar-refractivity contribution is 5.82. The summed E-state index contributed by atoms with van der Waals surface area (Å²) in [5, 5.41) is 0.962. The number of aromatic amines is 1. The maximum Gasteiger partial charge on any atom is 0.253 e. The van der Waals surface area contributed by atoms with E-state index in [2.05, 4.69) is 4.98 Å². The van der Waals surface area contributed by atoms with Crippen molar-refractivity contribution in [1.29, 1.82) is 0 Å². The van der Waals surface area contributed by atoms with Crippen LogP contribution in [-0.2, 0) is 22.6 Å². The summed E-state index contributed by atoms with van der Waals surface area (Å²) >= 11 is 0. The van der Waals surface area contributed by atoms with Crippen LogP contribution in [-0.4, -0.2) is 28.5 Å². The molecule has 0 radical (unpaired) electrons. The molecule has 1 N–H and O–H groups in total. The molecule has 28 heavy (non-hydrogen) atoms. The molecular formula is C23H24N2O3. The fourth-order valence-corrected chi connectivity index (χ4v) is 3.67. The number of aromatic nitrogens is 1. The number of carbonyl (C=O) groups is 1. The van der Waals surface area contributed by atoms with Gasteiger partial charge in [-0.15, -0.1) is 0 Å². The minimum atomic E-state index is -0.411. The predicted molar refractivity (Wildman–Crippen MR) is 109 cm³/mol. The van der Waals surface area contributed by atoms with Gasteiger partial charge in [0.15, 0.2) is 0 Å². The lowest BCUT2D eigenvalue weighted by atomic mass is 10.1. The summed E-state index contributed by atoms with van der Waals surface area (Å²) in [5.41, 5.74) is 3.36. The van der Waals surface area contributed by atoms with Crippen molar-refractivity contribution >= 4 is 16.8 Å². The predicted octanol–water partition coefficient (Wildman–Crippen LogP) is 3.54. The number of H-pyrrole nitrogens is 1. The number of carbonyl (C=O) groups excluding carboxylic acids is 1. The first-order valence-electron chi connectivity index (χ1n) is 9.67. The van der Waals surface area contributed by atoms with E-state index in [1.54, 1.807) is 4.90 Å². The molecular weight excluding hydrogens is 352 g/mol. The average Bonchev–Trinajstić information content (AvgIpc) is 3.23. The summed E-state index contributed by atoms with van der Waals surface area (Å²) in [6, 6.07) is 17.7. The van der Waals surface area contributed by atoms with Gasteiger partial charge in [0.25, 0.3) is 11.5 Å². The molecule has 0 aliphatic carbocycles. The Bertz CT molecular complexity index is 1040. The zero-order valence-corrected chi connectivity index (χ0v) is 16.0. The zero-order valence-electron chi connectivity index (χ0n) is 16.0. The number of benzene rings is 2. The molecule has 5 heteroatoms. The van der Waals surface area contributed by atoms with Crippen LogP contribution in [0.3, 0.4) is 0 Å². The van der Waals surface area contributed by atoms with Crippen molar-refractivity contribution in [1.82, 2.24) is 9.88 Å². The Hall–Kier alpha value is -2.92. The van der Waals surface area contributed by atoms with Crippen LogP contribution in [0.15, 0.2) is 59.4 Å². The highest BCUT2D eigenvalue weighted by atomic mass is 16.5. The molecule has 2 aromatic carbocycles. The van der Waals surface area contributed by atoms with E-state index in [4.69, 9.17) is 4.74 Å². The molecule has 1 aromatic heterocycles. The molecule has 1 atom stereocenters. The normalized spacial score (nSPS) is 16.4. The van der Waals surface area contributed by atoms with Crippen molar-refractivity contribution in [2.45, 2.75) is 39.0 Å². The van der Waals surface area contributed by atoms with E-state index >= 15 is 0 Å². The fraction of sp³-hybridized carbons (Fsp3) is 0.304. The lowest BCUT2D eigenvalue weighted by Gasteiger charge is -2.25. The van der Waals surface area contributed by atoms with Gasteiger partial charge < -0.3 is 14.6 Å². The second-order valence-electron chi connectivity index (χ2n) is 7.40. The van der Waals surface area contributed by atoms with Gasteiger partial charge in [-0.05, 0) is 48.4 Å². The van der Waals surface area contributed by atoms with Crippen LogP contribution in [0.1, 0.15) is 29.5 Å². The van der Waals surface area contributed by atoms with E-state index in [1.165, 1.54) is 0 Å². The minimum absolute atomic E-state index is 0.0512. The third-order valence-corrected chi connectivity index (χ3v) is 5.17. The molecule has 2 heterocycles. The van der Waals surface area contributed by atoms with Crippen LogP contribution < -0.4 is 5.56 Å². The van der Waals surface area contributed by atoms with Crippen LogP contribution in [0.5, 0.6) is 0 Å². The first kappa shape index (κ1) is 18.4. The number of ether oxygens (including phenoxy) is 1. The Morgan fingerprint density at radius 3 is 2.71 bits per heavy atom. The monoisotopic (exact) mass is 376 g/mol. The van der Waals surface area contributed by atoms with Gasteiger partial charge in [0.05, 0.1) is 6.54 Å². The van der Waals surface area contributed by atoms with Gasteiger partial charge >= 0.3 is 0 Å². The highest BCUT2D eigenvalue weighted by Gasteiger charge is 2.29. The largest absolute Gasteiger partial charge is 0.368 e. The summed E-state index contributed by atoms with van der Waals surface area (Å²) in [6.07, 6.45) is 1.22. The van der Waals surface area contributed by atoms with Crippen molar-refractivity contribution in [3.63, 3.8) is 0 Å². The summed E-state index contributed by atoms with van der Waals surface area (Å²) in [4.78, 5) is 30.4. The maximum absolute atomic E-state index is 13.1. The lowest BCUT2D eigenvalue weighted by Crippen LogP contribution is -2.39. The van der Waals surface area contributed by atoms with Crippen LogP contribution >= 0.6 is 0 Å². The first-order valence-corrected chi connectivity index (χ1v) is 9.67. The van der Waals surface area contributed by atoms with E-state index in [9.17, 15) is 9.59 Å². The van der Waals surface area contributed by atoms with Gasteiger partial charge in [0, 0.05) is 24.2 Å². The number of pyridine rings is 1. The topological polar surface area (TPSA) is 62.4 Å². The molecule has 5 nitrogen and oxygen atoms in total. The van der Waals surface area contributed by atoms with Crippen LogP contribution in [0.4, 0.5) is 0 Å². The maximum atomic E-state index is 13.1. The molecule has 0 unspecified atom stereocenters. The molecule has 0 spiro atoms. The van der Waals surface area contributed by atoms with Crippen molar-refractivity contribution in [3.8, 4) is 0 Å². The van der Waals surface area contributed by atoms with Gasteiger partial charge in [-0.25, -0.2) is 0 Å².